The molecule has 1 atom stereocenters. The predicted molar refractivity (Wildman–Crippen MR) is 86.3 cm³/mol. The first kappa shape index (κ1) is 14.5. The van der Waals surface area contributed by atoms with Crippen molar-refractivity contribution in [2.45, 2.75) is 59.1 Å². The molecule has 2 aliphatic rings. The second-order valence-corrected chi connectivity index (χ2v) is 8.64. The van der Waals surface area contributed by atoms with Crippen molar-refractivity contribution in [3.05, 3.63) is 23.0 Å². The molecule has 1 fully saturated rings. The fourth-order valence-corrected chi connectivity index (χ4v) is 5.05. The maximum atomic E-state index is 10.4. The van der Waals surface area contributed by atoms with Crippen molar-refractivity contribution >= 4 is 11.8 Å². The number of aliphatic hydroxyl groups is 1. The van der Waals surface area contributed by atoms with Crippen molar-refractivity contribution in [1.29, 1.82) is 0 Å². The van der Waals surface area contributed by atoms with Crippen molar-refractivity contribution in [1.82, 2.24) is 4.57 Å². The number of aromatic nitrogens is 1. The molecule has 3 heteroatoms. The van der Waals surface area contributed by atoms with E-state index in [-0.39, 0.29) is 11.5 Å². The fourth-order valence-electron chi connectivity index (χ4n) is 3.84. The minimum Gasteiger partial charge on any atom is -0.388 e. The van der Waals surface area contributed by atoms with Crippen LogP contribution in [0.15, 0.2) is 6.07 Å². The van der Waals surface area contributed by atoms with Crippen LogP contribution < -0.4 is 0 Å². The summed E-state index contributed by atoms with van der Waals surface area (Å²) in [6.07, 6.45) is 4.43. The smallest absolute Gasteiger partial charge is 0.0812 e. The van der Waals surface area contributed by atoms with Crippen molar-refractivity contribution in [2.24, 2.45) is 11.3 Å². The molecule has 0 amide bonds. The molecule has 0 saturated carbocycles. The molecule has 1 N–H and O–H groups in total. The molecule has 3 rings (SSSR count). The van der Waals surface area contributed by atoms with E-state index < -0.39 is 0 Å². The Balaban J connectivity index is 1.88. The Hall–Kier alpha value is -0.410. The first-order valence-corrected chi connectivity index (χ1v) is 9.06. The van der Waals surface area contributed by atoms with E-state index in [0.29, 0.717) is 0 Å². The van der Waals surface area contributed by atoms with Gasteiger partial charge >= 0.3 is 0 Å². The van der Waals surface area contributed by atoms with Crippen molar-refractivity contribution < 1.29 is 5.11 Å². The second-order valence-electron chi connectivity index (χ2n) is 7.42. The normalized spacial score (nSPS) is 26.5. The Morgan fingerprint density at radius 2 is 2.05 bits per heavy atom. The molecule has 1 unspecified atom stereocenters. The lowest BCUT2D eigenvalue weighted by atomic mass is 9.75. The number of aryl methyl sites for hydroxylation is 1. The van der Waals surface area contributed by atoms with Gasteiger partial charge in [-0.25, -0.2) is 0 Å². The Morgan fingerprint density at radius 3 is 2.75 bits per heavy atom. The van der Waals surface area contributed by atoms with E-state index in [1.54, 1.807) is 0 Å². The van der Waals surface area contributed by atoms with Crippen LogP contribution in [0.1, 0.15) is 56.2 Å². The molecule has 0 spiro atoms. The van der Waals surface area contributed by atoms with Crippen molar-refractivity contribution in [3.8, 4) is 0 Å². The fraction of sp³-hybridized carbons (Fsp3) is 0.765. The van der Waals surface area contributed by atoms with Crippen molar-refractivity contribution in [3.63, 3.8) is 0 Å². The molecule has 0 aromatic carbocycles. The summed E-state index contributed by atoms with van der Waals surface area (Å²) in [4.78, 5) is 0. The summed E-state index contributed by atoms with van der Waals surface area (Å²) in [6.45, 7) is 7.92. The van der Waals surface area contributed by atoms with Crippen LogP contribution in [-0.4, -0.2) is 21.2 Å². The number of aliphatic hydroxyl groups excluding tert-OH is 1. The van der Waals surface area contributed by atoms with Crippen LogP contribution in [0.5, 0.6) is 0 Å². The molecule has 0 bridgehead atoms. The average molecular weight is 293 g/mol. The van der Waals surface area contributed by atoms with E-state index in [4.69, 9.17) is 0 Å². The van der Waals surface area contributed by atoms with Gasteiger partial charge in [-0.05, 0) is 61.5 Å². The van der Waals surface area contributed by atoms with Gasteiger partial charge < -0.3 is 9.67 Å². The first-order chi connectivity index (χ1) is 9.46. The summed E-state index contributed by atoms with van der Waals surface area (Å²) >= 11 is 2.10. The summed E-state index contributed by atoms with van der Waals surface area (Å²) in [5.41, 5.74) is 4.17. The van der Waals surface area contributed by atoms with Crippen LogP contribution in [-0.2, 0) is 13.0 Å². The molecule has 0 radical (unpaired) electrons. The number of hydrogen-bond donors (Lipinski definition) is 1. The highest BCUT2D eigenvalue weighted by atomic mass is 32.2. The van der Waals surface area contributed by atoms with Crippen LogP contribution in [0.2, 0.25) is 0 Å². The summed E-state index contributed by atoms with van der Waals surface area (Å²) in [5, 5.41) is 10.4. The van der Waals surface area contributed by atoms with Crippen LogP contribution in [0, 0.1) is 18.3 Å². The predicted octanol–water partition coefficient (Wildman–Crippen LogP) is 3.95. The Morgan fingerprint density at radius 1 is 1.35 bits per heavy atom. The van der Waals surface area contributed by atoms with Gasteiger partial charge in [-0.1, -0.05) is 13.8 Å². The van der Waals surface area contributed by atoms with E-state index in [1.165, 1.54) is 41.3 Å². The molecule has 1 aliphatic heterocycles. The van der Waals surface area contributed by atoms with E-state index in [2.05, 4.69) is 43.2 Å². The maximum Gasteiger partial charge on any atom is 0.0812 e. The van der Waals surface area contributed by atoms with Gasteiger partial charge in [0.15, 0.2) is 0 Å². The van der Waals surface area contributed by atoms with E-state index >= 15 is 0 Å². The molecule has 1 saturated heterocycles. The summed E-state index contributed by atoms with van der Waals surface area (Å²) in [5.74, 6) is 3.47. The van der Waals surface area contributed by atoms with Gasteiger partial charge in [-0.3, -0.25) is 0 Å². The number of fused-ring (bicyclic) bond motifs is 1. The van der Waals surface area contributed by atoms with Crippen LogP contribution in [0.25, 0.3) is 0 Å². The zero-order valence-corrected chi connectivity index (χ0v) is 13.8. The molecular formula is C17H27NOS. The lowest BCUT2D eigenvalue weighted by Gasteiger charge is -2.34. The lowest BCUT2D eigenvalue weighted by Crippen LogP contribution is -2.28. The SMILES string of the molecule is Cc1cc2c(n1CC1CCSCC1)CC(C)(C)CC2O. The number of hydrogen-bond acceptors (Lipinski definition) is 2. The quantitative estimate of drug-likeness (QED) is 0.893. The maximum absolute atomic E-state index is 10.4. The molecule has 1 aromatic rings. The zero-order chi connectivity index (χ0) is 14.3. The van der Waals surface area contributed by atoms with Gasteiger partial charge in [-0.15, -0.1) is 0 Å². The standard InChI is InChI=1S/C17H27NOS/c1-12-8-14-15(9-17(2,3)10-16(14)19)18(12)11-13-4-6-20-7-5-13/h8,13,16,19H,4-7,9-11H2,1-3H3. The van der Waals surface area contributed by atoms with E-state index in [9.17, 15) is 5.11 Å². The molecule has 112 valence electrons. The van der Waals surface area contributed by atoms with E-state index in [1.807, 2.05) is 0 Å². The number of nitrogens with zero attached hydrogens (tertiary/aromatic N) is 1. The molecule has 2 heterocycles. The Labute approximate surface area is 127 Å². The van der Waals surface area contributed by atoms with Gasteiger partial charge in [0.1, 0.15) is 0 Å². The average Bonchev–Trinajstić information content (AvgIpc) is 2.67. The third-order valence-corrected chi connectivity index (χ3v) is 6.03. The van der Waals surface area contributed by atoms with E-state index in [0.717, 1.165) is 25.3 Å². The molecule has 2 nitrogen and oxygen atoms in total. The first-order valence-electron chi connectivity index (χ1n) is 7.91. The monoisotopic (exact) mass is 293 g/mol. The van der Waals surface area contributed by atoms with Crippen LogP contribution in [0.4, 0.5) is 0 Å². The van der Waals surface area contributed by atoms with Crippen LogP contribution >= 0.6 is 11.8 Å². The summed E-state index contributed by atoms with van der Waals surface area (Å²) in [6, 6.07) is 2.23. The van der Waals surface area contributed by atoms with Gasteiger partial charge in [0, 0.05) is 23.5 Å². The zero-order valence-electron chi connectivity index (χ0n) is 13.0. The Kier molecular flexibility index (Phi) is 3.93. The third kappa shape index (κ3) is 2.80. The van der Waals surface area contributed by atoms with Gasteiger partial charge in [0.2, 0.25) is 0 Å². The van der Waals surface area contributed by atoms with Gasteiger partial charge in [-0.2, -0.15) is 11.8 Å². The second kappa shape index (κ2) is 5.42. The Bertz CT molecular complexity index is 485. The summed E-state index contributed by atoms with van der Waals surface area (Å²) in [7, 11) is 0. The number of thioether (sulfide) groups is 1. The van der Waals surface area contributed by atoms with Gasteiger partial charge in [0.25, 0.3) is 0 Å². The van der Waals surface area contributed by atoms with Crippen LogP contribution in [0.3, 0.4) is 0 Å². The summed E-state index contributed by atoms with van der Waals surface area (Å²) < 4.78 is 2.51. The molecule has 1 aromatic heterocycles. The highest BCUT2D eigenvalue weighted by Crippen LogP contribution is 2.42. The topological polar surface area (TPSA) is 25.2 Å². The van der Waals surface area contributed by atoms with Crippen molar-refractivity contribution in [2.75, 3.05) is 11.5 Å². The molecule has 20 heavy (non-hydrogen) atoms. The highest BCUT2D eigenvalue weighted by Gasteiger charge is 2.34. The lowest BCUT2D eigenvalue weighted by molar-refractivity contribution is 0.0976. The highest BCUT2D eigenvalue weighted by molar-refractivity contribution is 7.99. The largest absolute Gasteiger partial charge is 0.388 e. The minimum absolute atomic E-state index is 0.220. The molecule has 1 aliphatic carbocycles. The number of rotatable bonds is 2. The molecular weight excluding hydrogens is 266 g/mol. The minimum atomic E-state index is -0.268. The van der Waals surface area contributed by atoms with Gasteiger partial charge in [0.05, 0.1) is 6.10 Å². The third-order valence-electron chi connectivity index (χ3n) is 4.98.